The molecule has 0 radical (unpaired) electrons. The fourth-order valence-corrected chi connectivity index (χ4v) is 4.24. The highest BCUT2D eigenvalue weighted by atomic mass is 32.2. The van der Waals surface area contributed by atoms with Crippen LogP contribution in [0.15, 0.2) is 0 Å². The molecule has 0 aromatic rings. The lowest BCUT2D eigenvalue weighted by molar-refractivity contribution is -0.141. The first-order chi connectivity index (χ1) is 8.97. The molecule has 4 atom stereocenters. The average Bonchev–Trinajstić information content (AvgIpc) is 2.91. The van der Waals surface area contributed by atoms with Gasteiger partial charge in [-0.3, -0.25) is 4.90 Å². The van der Waals surface area contributed by atoms with Crippen LogP contribution in [0.25, 0.3) is 0 Å². The van der Waals surface area contributed by atoms with E-state index in [9.17, 15) is 14.7 Å². The molecule has 108 valence electrons. The van der Waals surface area contributed by atoms with Gasteiger partial charge in [-0.2, -0.15) is 0 Å². The molecule has 6 heteroatoms. The summed E-state index contributed by atoms with van der Waals surface area (Å²) in [5.41, 5.74) is 0. The fourth-order valence-electron chi connectivity index (χ4n) is 3.07. The van der Waals surface area contributed by atoms with Crippen molar-refractivity contribution in [1.29, 1.82) is 0 Å². The van der Waals surface area contributed by atoms with Gasteiger partial charge in [0.05, 0.1) is 5.37 Å². The van der Waals surface area contributed by atoms with Crippen LogP contribution in [0.3, 0.4) is 0 Å². The Morgan fingerprint density at radius 3 is 2.53 bits per heavy atom. The number of amides is 2. The van der Waals surface area contributed by atoms with Crippen LogP contribution >= 0.6 is 11.8 Å². The molecular formula is C13H22N2O3S. The zero-order valence-electron chi connectivity index (χ0n) is 11.7. The molecule has 4 unspecified atom stereocenters. The third kappa shape index (κ3) is 2.55. The minimum Gasteiger partial charge on any atom is -0.480 e. The lowest BCUT2D eigenvalue weighted by Gasteiger charge is -2.35. The normalized spacial score (nSPS) is 34.9. The summed E-state index contributed by atoms with van der Waals surface area (Å²) in [6.45, 7) is 6.05. The Bertz CT molecular complexity index is 377. The minimum atomic E-state index is -0.898. The molecule has 0 aromatic heterocycles. The van der Waals surface area contributed by atoms with Crippen LogP contribution in [0, 0.1) is 0 Å². The maximum absolute atomic E-state index is 12.7. The molecule has 2 rings (SSSR count). The van der Waals surface area contributed by atoms with Crippen LogP contribution in [0.2, 0.25) is 0 Å². The van der Waals surface area contributed by atoms with E-state index in [2.05, 4.69) is 13.8 Å². The number of likely N-dealkylation sites (tertiary alicyclic amines) is 1. The van der Waals surface area contributed by atoms with Crippen LogP contribution < -0.4 is 0 Å². The fraction of sp³-hybridized carbons (Fsp3) is 0.846. The number of carboxylic acid groups (broad SMARTS) is 1. The highest BCUT2D eigenvalue weighted by molar-refractivity contribution is 8.00. The number of nitrogens with zero attached hydrogens (tertiary/aromatic N) is 2. The number of hydrogen-bond acceptors (Lipinski definition) is 3. The summed E-state index contributed by atoms with van der Waals surface area (Å²) in [5.74, 6) is -0.411. The summed E-state index contributed by atoms with van der Waals surface area (Å²) in [6, 6.07) is -0.306. The number of carbonyl (C=O) groups is 2. The molecule has 2 aliphatic heterocycles. The molecule has 0 bridgehead atoms. The quantitative estimate of drug-likeness (QED) is 0.845. The summed E-state index contributed by atoms with van der Waals surface area (Å²) in [4.78, 5) is 27.5. The summed E-state index contributed by atoms with van der Waals surface area (Å²) in [6.07, 6.45) is 2.97. The molecule has 0 saturated carbocycles. The van der Waals surface area contributed by atoms with Crippen LogP contribution in [-0.4, -0.2) is 56.2 Å². The largest absolute Gasteiger partial charge is 0.480 e. The number of carbonyl (C=O) groups excluding carboxylic acids is 1. The molecule has 2 aliphatic rings. The molecule has 0 spiro atoms. The van der Waals surface area contributed by atoms with Crippen molar-refractivity contribution < 1.29 is 14.7 Å². The van der Waals surface area contributed by atoms with E-state index in [0.29, 0.717) is 5.75 Å². The van der Waals surface area contributed by atoms with Gasteiger partial charge in [0.15, 0.2) is 0 Å². The number of aliphatic carboxylic acids is 1. The second kappa shape index (κ2) is 5.61. The van der Waals surface area contributed by atoms with Gasteiger partial charge < -0.3 is 10.0 Å². The Balaban J connectivity index is 2.19. The van der Waals surface area contributed by atoms with Crippen molar-refractivity contribution in [3.63, 3.8) is 0 Å². The smallest absolute Gasteiger partial charge is 0.327 e. The second-order valence-electron chi connectivity index (χ2n) is 5.37. The van der Waals surface area contributed by atoms with Gasteiger partial charge >= 0.3 is 12.0 Å². The predicted molar refractivity (Wildman–Crippen MR) is 75.2 cm³/mol. The first-order valence-electron chi connectivity index (χ1n) is 6.92. The van der Waals surface area contributed by atoms with Gasteiger partial charge in [-0.15, -0.1) is 11.8 Å². The lowest BCUT2D eigenvalue weighted by Crippen LogP contribution is -2.53. The molecular weight excluding hydrogens is 264 g/mol. The maximum Gasteiger partial charge on any atom is 0.327 e. The first kappa shape index (κ1) is 14.5. The molecule has 0 aromatic carbocycles. The molecule has 5 nitrogen and oxygen atoms in total. The lowest BCUT2D eigenvalue weighted by atomic mass is 10.1. The van der Waals surface area contributed by atoms with Crippen LogP contribution in [0.1, 0.15) is 40.0 Å². The summed E-state index contributed by atoms with van der Waals surface area (Å²) >= 11 is 1.54. The topological polar surface area (TPSA) is 60.9 Å². The maximum atomic E-state index is 12.7. The predicted octanol–water partition coefficient (Wildman–Crippen LogP) is 2.22. The van der Waals surface area contributed by atoms with Gasteiger partial charge in [-0.1, -0.05) is 6.92 Å². The number of thioether (sulfide) groups is 1. The van der Waals surface area contributed by atoms with E-state index in [0.717, 1.165) is 19.3 Å². The van der Waals surface area contributed by atoms with Crippen molar-refractivity contribution in [2.75, 3.05) is 5.75 Å². The Morgan fingerprint density at radius 1 is 1.26 bits per heavy atom. The Kier molecular flexibility index (Phi) is 4.28. The van der Waals surface area contributed by atoms with Gasteiger partial charge in [0.2, 0.25) is 0 Å². The molecule has 1 N–H and O–H groups in total. The number of carboxylic acids is 1. The van der Waals surface area contributed by atoms with Crippen molar-refractivity contribution in [2.24, 2.45) is 0 Å². The summed E-state index contributed by atoms with van der Waals surface area (Å²) in [5, 5.41) is 9.20. The van der Waals surface area contributed by atoms with Crippen molar-refractivity contribution in [3.05, 3.63) is 0 Å². The number of urea groups is 1. The third-order valence-corrected chi connectivity index (χ3v) is 5.42. The minimum absolute atomic E-state index is 0.0566. The monoisotopic (exact) mass is 286 g/mol. The zero-order valence-corrected chi connectivity index (χ0v) is 12.5. The van der Waals surface area contributed by atoms with E-state index in [1.807, 2.05) is 11.8 Å². The van der Waals surface area contributed by atoms with E-state index >= 15 is 0 Å². The highest BCUT2D eigenvalue weighted by Crippen LogP contribution is 2.34. The summed E-state index contributed by atoms with van der Waals surface area (Å²) in [7, 11) is 0. The van der Waals surface area contributed by atoms with Crippen molar-refractivity contribution in [3.8, 4) is 0 Å². The third-order valence-electron chi connectivity index (χ3n) is 4.21. The second-order valence-corrected chi connectivity index (χ2v) is 6.72. The standard InChI is InChI=1S/C13H22N2O3S/c1-4-10-6-5-8(2)14(10)13(18)15-9(3)19-7-11(15)12(16)17/h8-11H,4-7H2,1-3H3,(H,16,17). The first-order valence-corrected chi connectivity index (χ1v) is 7.97. The van der Waals surface area contributed by atoms with Gasteiger partial charge in [-0.05, 0) is 33.1 Å². The zero-order chi connectivity index (χ0) is 14.2. The Morgan fingerprint density at radius 2 is 1.95 bits per heavy atom. The van der Waals surface area contributed by atoms with E-state index in [-0.39, 0.29) is 23.5 Å². The Labute approximate surface area is 118 Å². The SMILES string of the molecule is CCC1CCC(C)N1C(=O)N1C(C)SCC1C(=O)O. The van der Waals surface area contributed by atoms with Crippen molar-refractivity contribution in [2.45, 2.75) is 63.5 Å². The van der Waals surface area contributed by atoms with E-state index in [4.69, 9.17) is 0 Å². The summed E-state index contributed by atoms with van der Waals surface area (Å²) < 4.78 is 0. The van der Waals surface area contributed by atoms with Gasteiger partial charge in [0.1, 0.15) is 6.04 Å². The van der Waals surface area contributed by atoms with Crippen LogP contribution in [0.5, 0.6) is 0 Å². The molecule has 2 saturated heterocycles. The van der Waals surface area contributed by atoms with E-state index in [1.54, 1.807) is 4.90 Å². The van der Waals surface area contributed by atoms with Gasteiger partial charge in [0.25, 0.3) is 0 Å². The Hall–Kier alpha value is -0.910. The van der Waals surface area contributed by atoms with Gasteiger partial charge in [0, 0.05) is 17.8 Å². The van der Waals surface area contributed by atoms with Crippen molar-refractivity contribution >= 4 is 23.8 Å². The molecule has 0 aliphatic carbocycles. The van der Waals surface area contributed by atoms with Gasteiger partial charge in [-0.25, -0.2) is 9.59 Å². The highest BCUT2D eigenvalue weighted by Gasteiger charge is 2.44. The van der Waals surface area contributed by atoms with Crippen LogP contribution in [0.4, 0.5) is 4.79 Å². The number of rotatable bonds is 2. The molecule has 2 fully saturated rings. The van der Waals surface area contributed by atoms with Crippen LogP contribution in [-0.2, 0) is 4.79 Å². The van der Waals surface area contributed by atoms with E-state index < -0.39 is 12.0 Å². The average molecular weight is 286 g/mol. The molecule has 2 heterocycles. The number of hydrogen-bond donors (Lipinski definition) is 1. The molecule has 19 heavy (non-hydrogen) atoms. The molecule has 2 amide bonds. The van der Waals surface area contributed by atoms with Crippen molar-refractivity contribution in [1.82, 2.24) is 9.80 Å². The van der Waals surface area contributed by atoms with E-state index in [1.165, 1.54) is 11.8 Å².